The van der Waals surface area contributed by atoms with E-state index in [1.54, 1.807) is 0 Å². The van der Waals surface area contributed by atoms with Gasteiger partial charge in [0.25, 0.3) is 0 Å². The highest BCUT2D eigenvalue weighted by Crippen LogP contribution is 2.26. The lowest BCUT2D eigenvalue weighted by atomic mass is 10.1. The molecule has 2 nitrogen and oxygen atoms in total. The Balaban J connectivity index is 0.000000963. The number of hydrogen-bond acceptors (Lipinski definition) is 2. The third kappa shape index (κ3) is 2.33. The van der Waals surface area contributed by atoms with Gasteiger partial charge in [0.15, 0.2) is 0 Å². The van der Waals surface area contributed by atoms with Gasteiger partial charge in [0.2, 0.25) is 0 Å². The maximum atomic E-state index is 5.94. The smallest absolute Gasteiger partial charge is 0.120 e. The number of benzene rings is 1. The first-order valence-electron chi connectivity index (χ1n) is 5.91. The molecule has 88 valence electrons. The maximum absolute atomic E-state index is 5.94. The van der Waals surface area contributed by atoms with Crippen molar-refractivity contribution in [2.45, 2.75) is 31.8 Å². The van der Waals surface area contributed by atoms with E-state index in [0.717, 1.165) is 25.3 Å². The highest BCUT2D eigenvalue weighted by atomic mass is 35.5. The van der Waals surface area contributed by atoms with Gasteiger partial charge < -0.3 is 10.1 Å². The normalized spacial score (nSPS) is 22.6. The molecular formula is C13H18ClNO. The van der Waals surface area contributed by atoms with Gasteiger partial charge in [-0.1, -0.05) is 6.07 Å². The van der Waals surface area contributed by atoms with Gasteiger partial charge in [0, 0.05) is 6.54 Å². The predicted octanol–water partition coefficient (Wildman–Crippen LogP) is 2.34. The van der Waals surface area contributed by atoms with E-state index < -0.39 is 0 Å². The largest absolute Gasteiger partial charge is 0.489 e. The van der Waals surface area contributed by atoms with Gasteiger partial charge in [-0.3, -0.25) is 0 Å². The van der Waals surface area contributed by atoms with Crippen LogP contribution in [0.5, 0.6) is 5.75 Å². The number of fused-ring (bicyclic) bond motifs is 1. The molecule has 1 atom stereocenters. The average molecular weight is 240 g/mol. The minimum Gasteiger partial charge on any atom is -0.489 e. The van der Waals surface area contributed by atoms with Crippen LogP contribution in [0.15, 0.2) is 18.2 Å². The van der Waals surface area contributed by atoms with Crippen LogP contribution >= 0.6 is 12.4 Å². The molecule has 0 spiro atoms. The van der Waals surface area contributed by atoms with Gasteiger partial charge >= 0.3 is 0 Å². The van der Waals surface area contributed by atoms with Crippen molar-refractivity contribution in [3.63, 3.8) is 0 Å². The van der Waals surface area contributed by atoms with Crippen LogP contribution in [-0.2, 0) is 12.8 Å². The summed E-state index contributed by atoms with van der Waals surface area (Å²) in [7, 11) is 0. The highest BCUT2D eigenvalue weighted by Gasteiger charge is 2.17. The summed E-state index contributed by atoms with van der Waals surface area (Å²) in [4.78, 5) is 0. The summed E-state index contributed by atoms with van der Waals surface area (Å²) in [5.41, 5.74) is 3.02. The lowest BCUT2D eigenvalue weighted by molar-refractivity contribution is 0.223. The lowest BCUT2D eigenvalue weighted by Crippen LogP contribution is -2.19. The van der Waals surface area contributed by atoms with E-state index in [2.05, 4.69) is 23.5 Å². The summed E-state index contributed by atoms with van der Waals surface area (Å²) in [6.45, 7) is 2.09. The molecule has 1 N–H and O–H groups in total. The third-order valence-electron chi connectivity index (χ3n) is 3.39. The van der Waals surface area contributed by atoms with Crippen LogP contribution in [0.1, 0.15) is 24.0 Å². The van der Waals surface area contributed by atoms with Crippen LogP contribution in [0.2, 0.25) is 0 Å². The van der Waals surface area contributed by atoms with Crippen molar-refractivity contribution >= 4 is 12.4 Å². The van der Waals surface area contributed by atoms with Gasteiger partial charge in [-0.25, -0.2) is 0 Å². The monoisotopic (exact) mass is 239 g/mol. The molecule has 16 heavy (non-hydrogen) atoms. The molecule has 1 unspecified atom stereocenters. The Hall–Kier alpha value is -0.730. The summed E-state index contributed by atoms with van der Waals surface area (Å²) < 4.78 is 5.94. The second-order valence-electron chi connectivity index (χ2n) is 4.52. The zero-order chi connectivity index (χ0) is 10.1. The molecule has 0 bridgehead atoms. The summed E-state index contributed by atoms with van der Waals surface area (Å²) >= 11 is 0. The van der Waals surface area contributed by atoms with Gasteiger partial charge in [-0.15, -0.1) is 12.4 Å². The molecule has 0 amide bonds. The molecular weight excluding hydrogens is 222 g/mol. The van der Waals surface area contributed by atoms with Crippen molar-refractivity contribution in [1.82, 2.24) is 5.32 Å². The Morgan fingerprint density at radius 2 is 2.06 bits per heavy atom. The van der Waals surface area contributed by atoms with Crippen LogP contribution in [0, 0.1) is 0 Å². The van der Waals surface area contributed by atoms with E-state index in [1.165, 1.54) is 30.4 Å². The molecule has 1 heterocycles. The maximum Gasteiger partial charge on any atom is 0.120 e. The molecule has 1 fully saturated rings. The zero-order valence-electron chi connectivity index (χ0n) is 9.37. The van der Waals surface area contributed by atoms with Crippen LogP contribution < -0.4 is 10.1 Å². The second-order valence-corrected chi connectivity index (χ2v) is 4.52. The van der Waals surface area contributed by atoms with Gasteiger partial charge in [-0.2, -0.15) is 0 Å². The SMILES string of the molecule is Cl.c1cc2c(cc1OC1CCNC1)CCC2. The molecule has 0 saturated carbocycles. The number of ether oxygens (including phenoxy) is 1. The number of hydrogen-bond donors (Lipinski definition) is 1. The number of aryl methyl sites for hydroxylation is 2. The Labute approximate surface area is 103 Å². The molecule has 0 radical (unpaired) electrons. The van der Waals surface area contributed by atoms with Gasteiger partial charge in [-0.05, 0) is 55.5 Å². The summed E-state index contributed by atoms with van der Waals surface area (Å²) in [6.07, 6.45) is 5.31. The molecule has 1 aliphatic carbocycles. The standard InChI is InChI=1S/C13H17NO.ClH/c1-2-10-4-5-12(8-11(10)3-1)15-13-6-7-14-9-13;/h4-5,8,13-14H,1-3,6-7,9H2;1H. The Morgan fingerprint density at radius 3 is 2.88 bits per heavy atom. The van der Waals surface area contributed by atoms with Crippen molar-refractivity contribution in [3.8, 4) is 5.75 Å². The summed E-state index contributed by atoms with van der Waals surface area (Å²) in [6, 6.07) is 6.60. The topological polar surface area (TPSA) is 21.3 Å². The fourth-order valence-corrected chi connectivity index (χ4v) is 2.54. The van der Waals surface area contributed by atoms with Gasteiger partial charge in [0.05, 0.1) is 0 Å². The van der Waals surface area contributed by atoms with Gasteiger partial charge in [0.1, 0.15) is 11.9 Å². The van der Waals surface area contributed by atoms with E-state index >= 15 is 0 Å². The fourth-order valence-electron chi connectivity index (χ4n) is 2.54. The minimum absolute atomic E-state index is 0. The first-order valence-corrected chi connectivity index (χ1v) is 5.91. The van der Waals surface area contributed by atoms with E-state index in [-0.39, 0.29) is 12.4 Å². The van der Waals surface area contributed by atoms with Crippen LogP contribution in [-0.4, -0.2) is 19.2 Å². The first-order chi connectivity index (χ1) is 7.42. The minimum atomic E-state index is 0. The molecule has 1 aromatic rings. The first kappa shape index (κ1) is 11.7. The van der Waals surface area contributed by atoms with Crippen molar-refractivity contribution in [2.75, 3.05) is 13.1 Å². The molecule has 2 aliphatic rings. The van der Waals surface area contributed by atoms with E-state index in [0.29, 0.717) is 6.10 Å². The molecule has 1 aliphatic heterocycles. The lowest BCUT2D eigenvalue weighted by Gasteiger charge is -2.13. The van der Waals surface area contributed by atoms with Crippen LogP contribution in [0.4, 0.5) is 0 Å². The predicted molar refractivity (Wildman–Crippen MR) is 67.6 cm³/mol. The van der Waals surface area contributed by atoms with Crippen molar-refractivity contribution < 1.29 is 4.74 Å². The zero-order valence-corrected chi connectivity index (χ0v) is 10.2. The van der Waals surface area contributed by atoms with Crippen LogP contribution in [0.3, 0.4) is 0 Å². The Bertz CT molecular complexity index is 361. The Kier molecular flexibility index (Phi) is 3.72. The summed E-state index contributed by atoms with van der Waals surface area (Å²) in [5, 5.41) is 3.32. The quantitative estimate of drug-likeness (QED) is 0.856. The molecule has 1 aromatic carbocycles. The fraction of sp³-hybridized carbons (Fsp3) is 0.538. The molecule has 1 saturated heterocycles. The number of halogens is 1. The number of nitrogens with one attached hydrogen (secondary N) is 1. The van der Waals surface area contributed by atoms with E-state index in [1.807, 2.05) is 0 Å². The van der Waals surface area contributed by atoms with Crippen molar-refractivity contribution in [3.05, 3.63) is 29.3 Å². The van der Waals surface area contributed by atoms with Crippen LogP contribution in [0.25, 0.3) is 0 Å². The van der Waals surface area contributed by atoms with E-state index in [4.69, 9.17) is 4.74 Å². The van der Waals surface area contributed by atoms with E-state index in [9.17, 15) is 0 Å². The summed E-state index contributed by atoms with van der Waals surface area (Å²) in [5.74, 6) is 1.06. The highest BCUT2D eigenvalue weighted by molar-refractivity contribution is 5.85. The molecule has 0 aromatic heterocycles. The van der Waals surface area contributed by atoms with Crippen molar-refractivity contribution in [1.29, 1.82) is 0 Å². The second kappa shape index (κ2) is 5.07. The third-order valence-corrected chi connectivity index (χ3v) is 3.39. The number of rotatable bonds is 2. The molecule has 3 rings (SSSR count). The Morgan fingerprint density at radius 1 is 1.19 bits per heavy atom. The van der Waals surface area contributed by atoms with Crippen molar-refractivity contribution in [2.24, 2.45) is 0 Å². The average Bonchev–Trinajstić information content (AvgIpc) is 2.87. The molecule has 3 heteroatoms.